The Labute approximate surface area is 173 Å². The van der Waals surface area contributed by atoms with E-state index in [9.17, 15) is 9.90 Å². The Kier molecular flexibility index (Phi) is 4.86. The summed E-state index contributed by atoms with van der Waals surface area (Å²) in [7, 11) is 2.03. The zero-order valence-corrected chi connectivity index (χ0v) is 17.6. The molecular formula is C24H33NO4. The molecule has 1 aromatic rings. The Morgan fingerprint density at radius 2 is 2.07 bits per heavy atom. The lowest BCUT2D eigenvalue weighted by Crippen LogP contribution is -2.43. The molecule has 0 aromatic heterocycles. The third-order valence-corrected chi connectivity index (χ3v) is 8.46. The summed E-state index contributed by atoms with van der Waals surface area (Å²) >= 11 is 0. The molecule has 6 atom stereocenters. The average Bonchev–Trinajstić information content (AvgIpc) is 3.23. The molecule has 1 aromatic carbocycles. The van der Waals surface area contributed by atoms with Crippen LogP contribution in [0.25, 0.3) is 0 Å². The van der Waals surface area contributed by atoms with Crippen LogP contribution in [-0.4, -0.2) is 48.5 Å². The summed E-state index contributed by atoms with van der Waals surface area (Å²) in [5.41, 5.74) is 2.86. The molecule has 3 aliphatic carbocycles. The van der Waals surface area contributed by atoms with Crippen molar-refractivity contribution in [3.63, 3.8) is 0 Å². The first-order valence-corrected chi connectivity index (χ1v) is 11.3. The third kappa shape index (κ3) is 3.36. The molecule has 1 saturated heterocycles. The smallest absolute Gasteiger partial charge is 0.429 e. The van der Waals surface area contributed by atoms with Gasteiger partial charge in [0.25, 0.3) is 0 Å². The number of hydrogen-bond acceptors (Lipinski definition) is 5. The van der Waals surface area contributed by atoms with E-state index in [1.54, 1.807) is 0 Å². The number of ether oxygens (including phenoxy) is 2. The Hall–Kier alpha value is -1.59. The highest BCUT2D eigenvalue weighted by atomic mass is 16.7. The van der Waals surface area contributed by atoms with Crippen LogP contribution in [0.15, 0.2) is 18.2 Å². The number of rotatable bonds is 2. The van der Waals surface area contributed by atoms with Crippen molar-refractivity contribution in [2.75, 3.05) is 20.1 Å². The Morgan fingerprint density at radius 1 is 1.21 bits per heavy atom. The van der Waals surface area contributed by atoms with E-state index < -0.39 is 6.16 Å². The number of aliphatic hydroxyl groups is 1. The number of nitrogens with zero attached hydrogens (tertiary/aromatic N) is 1. The van der Waals surface area contributed by atoms with Crippen LogP contribution in [0.1, 0.15) is 62.5 Å². The zero-order valence-electron chi connectivity index (χ0n) is 17.6. The lowest BCUT2D eigenvalue weighted by molar-refractivity contribution is -0.0226. The maximum Gasteiger partial charge on any atom is 0.514 e. The molecule has 4 aliphatic rings. The fourth-order valence-corrected chi connectivity index (χ4v) is 6.84. The first kappa shape index (κ1) is 19.4. The maximum atomic E-state index is 12.2. The van der Waals surface area contributed by atoms with E-state index in [0.717, 1.165) is 51.6 Å². The van der Waals surface area contributed by atoms with Gasteiger partial charge in [-0.2, -0.15) is 0 Å². The van der Waals surface area contributed by atoms with E-state index in [0.29, 0.717) is 23.5 Å². The molecule has 29 heavy (non-hydrogen) atoms. The highest BCUT2D eigenvalue weighted by Gasteiger charge is 2.54. The van der Waals surface area contributed by atoms with Crippen LogP contribution in [0.4, 0.5) is 4.79 Å². The largest absolute Gasteiger partial charge is 0.514 e. The van der Waals surface area contributed by atoms with Gasteiger partial charge < -0.3 is 19.5 Å². The molecular weight excluding hydrogens is 366 g/mol. The minimum absolute atomic E-state index is 0.0656. The number of carbonyl (C=O) groups excluding carboxylic acids is 1. The molecule has 5 heteroatoms. The number of aryl methyl sites for hydroxylation is 1. The molecule has 1 aliphatic heterocycles. The normalized spacial score (nSPS) is 38.8. The number of aliphatic hydroxyl groups excluding tert-OH is 1. The number of benzene rings is 1. The Bertz CT molecular complexity index is 795. The van der Waals surface area contributed by atoms with E-state index in [4.69, 9.17) is 9.47 Å². The van der Waals surface area contributed by atoms with Gasteiger partial charge >= 0.3 is 6.16 Å². The molecule has 1 N–H and O–H groups in total. The molecule has 2 saturated carbocycles. The van der Waals surface area contributed by atoms with Crippen molar-refractivity contribution in [2.24, 2.45) is 17.3 Å². The van der Waals surface area contributed by atoms with Crippen LogP contribution in [0, 0.1) is 17.3 Å². The van der Waals surface area contributed by atoms with Crippen LogP contribution in [-0.2, 0) is 11.2 Å². The van der Waals surface area contributed by atoms with Crippen molar-refractivity contribution in [1.29, 1.82) is 0 Å². The summed E-state index contributed by atoms with van der Waals surface area (Å²) < 4.78 is 11.0. The summed E-state index contributed by atoms with van der Waals surface area (Å²) in [6.45, 7) is 4.04. The van der Waals surface area contributed by atoms with E-state index >= 15 is 0 Å². The monoisotopic (exact) mass is 399 g/mol. The van der Waals surface area contributed by atoms with E-state index in [2.05, 4.69) is 17.9 Å². The van der Waals surface area contributed by atoms with Gasteiger partial charge in [-0.15, -0.1) is 0 Å². The van der Waals surface area contributed by atoms with Crippen LogP contribution >= 0.6 is 0 Å². The van der Waals surface area contributed by atoms with Crippen molar-refractivity contribution in [3.05, 3.63) is 29.3 Å². The quantitative estimate of drug-likeness (QED) is 0.599. The SMILES string of the molecule is CN1CCC(OC(=O)Oc2ccc3c(c2)CCC2C3CCC3(C)C(O)CCC23)C1. The van der Waals surface area contributed by atoms with Gasteiger partial charge in [0, 0.05) is 13.1 Å². The number of likely N-dealkylation sites (tertiary alicyclic amines) is 1. The topological polar surface area (TPSA) is 59.0 Å². The summed E-state index contributed by atoms with van der Waals surface area (Å²) in [6, 6.07) is 6.15. The van der Waals surface area contributed by atoms with Crippen LogP contribution in [0.3, 0.4) is 0 Å². The third-order valence-electron chi connectivity index (χ3n) is 8.46. The van der Waals surface area contributed by atoms with Crippen molar-refractivity contribution in [2.45, 2.75) is 70.0 Å². The molecule has 0 bridgehead atoms. The van der Waals surface area contributed by atoms with E-state index in [1.165, 1.54) is 17.5 Å². The average molecular weight is 400 g/mol. The number of hydrogen-bond donors (Lipinski definition) is 1. The molecule has 158 valence electrons. The fraction of sp³-hybridized carbons (Fsp3) is 0.708. The molecule has 0 spiro atoms. The second-order valence-electron chi connectivity index (χ2n) is 10.1. The lowest BCUT2D eigenvalue weighted by Gasteiger charge is -2.50. The minimum atomic E-state index is -0.590. The molecule has 5 nitrogen and oxygen atoms in total. The van der Waals surface area contributed by atoms with Crippen molar-refractivity contribution >= 4 is 6.16 Å². The Balaban J connectivity index is 1.28. The summed E-state index contributed by atoms with van der Waals surface area (Å²) in [5.74, 6) is 2.49. The van der Waals surface area contributed by atoms with Gasteiger partial charge in [-0.1, -0.05) is 13.0 Å². The highest BCUT2D eigenvalue weighted by Crippen LogP contribution is 2.60. The first-order valence-electron chi connectivity index (χ1n) is 11.3. The van der Waals surface area contributed by atoms with Crippen LogP contribution in [0.5, 0.6) is 5.75 Å². The second-order valence-corrected chi connectivity index (χ2v) is 10.1. The number of likely N-dealkylation sites (N-methyl/N-ethyl adjacent to an activating group) is 1. The molecule has 0 radical (unpaired) electrons. The highest BCUT2D eigenvalue weighted by molar-refractivity contribution is 5.64. The van der Waals surface area contributed by atoms with Gasteiger partial charge in [0.2, 0.25) is 0 Å². The van der Waals surface area contributed by atoms with Crippen molar-refractivity contribution < 1.29 is 19.4 Å². The van der Waals surface area contributed by atoms with E-state index in [-0.39, 0.29) is 17.6 Å². The van der Waals surface area contributed by atoms with Gasteiger partial charge in [-0.05, 0) is 98.4 Å². The molecule has 5 rings (SSSR count). The van der Waals surface area contributed by atoms with E-state index in [1.807, 2.05) is 19.2 Å². The van der Waals surface area contributed by atoms with Crippen LogP contribution in [0.2, 0.25) is 0 Å². The first-order chi connectivity index (χ1) is 13.9. The van der Waals surface area contributed by atoms with Crippen LogP contribution < -0.4 is 4.74 Å². The Morgan fingerprint density at radius 3 is 2.86 bits per heavy atom. The van der Waals surface area contributed by atoms with Gasteiger partial charge in [0.15, 0.2) is 0 Å². The maximum absolute atomic E-state index is 12.2. The second kappa shape index (κ2) is 7.28. The predicted octanol–water partition coefficient (Wildman–Crippen LogP) is 4.12. The predicted molar refractivity (Wildman–Crippen MR) is 110 cm³/mol. The molecule has 0 amide bonds. The molecule has 1 heterocycles. The lowest BCUT2D eigenvalue weighted by atomic mass is 9.55. The fourth-order valence-electron chi connectivity index (χ4n) is 6.84. The van der Waals surface area contributed by atoms with Gasteiger partial charge in [0.1, 0.15) is 11.9 Å². The minimum Gasteiger partial charge on any atom is -0.429 e. The molecule has 6 unspecified atom stereocenters. The number of fused-ring (bicyclic) bond motifs is 5. The summed E-state index contributed by atoms with van der Waals surface area (Å²) in [4.78, 5) is 14.3. The van der Waals surface area contributed by atoms with Gasteiger partial charge in [-0.25, -0.2) is 4.79 Å². The van der Waals surface area contributed by atoms with Crippen molar-refractivity contribution in [1.82, 2.24) is 4.90 Å². The summed E-state index contributed by atoms with van der Waals surface area (Å²) in [5, 5.41) is 10.5. The van der Waals surface area contributed by atoms with Gasteiger partial charge in [-0.3, -0.25) is 0 Å². The zero-order chi connectivity index (χ0) is 20.2. The molecule has 3 fully saturated rings. The van der Waals surface area contributed by atoms with Crippen molar-refractivity contribution in [3.8, 4) is 5.75 Å². The summed E-state index contributed by atoms with van der Waals surface area (Å²) in [6.07, 6.45) is 6.67. The number of carbonyl (C=O) groups is 1. The van der Waals surface area contributed by atoms with Gasteiger partial charge in [0.05, 0.1) is 6.10 Å². The standard InChI is InChI=1S/C24H33NO4/c1-24-11-9-19-18-6-4-16(28-23(27)29-17-10-12-25(2)14-17)13-15(18)3-5-20(19)21(24)7-8-22(24)26/h4,6,13,17,19-22,26H,3,5,7-12,14H2,1-2H3.